The normalized spacial score (nSPS) is 16.7. The molecule has 36 heavy (non-hydrogen) atoms. The lowest BCUT2D eigenvalue weighted by Gasteiger charge is -2.27. The van der Waals surface area contributed by atoms with Crippen molar-refractivity contribution in [3.63, 3.8) is 0 Å². The first-order chi connectivity index (χ1) is 17.4. The molecule has 0 radical (unpaired) electrons. The van der Waals surface area contributed by atoms with Crippen molar-refractivity contribution in [1.29, 1.82) is 0 Å². The molecule has 1 fully saturated rings. The highest BCUT2D eigenvalue weighted by Crippen LogP contribution is 2.46. The SMILES string of the molecule is CCOc1ccc(C(O)=C2C(=O)C(=O)N(c3ccc(OC)cc3)[C@@H]2c2ccc(OC)cc2OC)cc1. The number of nitrogens with zero attached hydrogens (tertiary/aromatic N) is 1. The van der Waals surface area contributed by atoms with Crippen molar-refractivity contribution >= 4 is 23.1 Å². The van der Waals surface area contributed by atoms with Gasteiger partial charge in [0, 0.05) is 22.9 Å². The average Bonchev–Trinajstić information content (AvgIpc) is 3.18. The van der Waals surface area contributed by atoms with Crippen molar-refractivity contribution in [3.05, 3.63) is 83.4 Å². The number of amides is 1. The Hall–Kier alpha value is -4.46. The quantitative estimate of drug-likeness (QED) is 0.278. The van der Waals surface area contributed by atoms with Crippen LogP contribution >= 0.6 is 0 Å². The Morgan fingerprint density at radius 2 is 1.44 bits per heavy atom. The molecule has 0 spiro atoms. The molecule has 1 saturated heterocycles. The molecule has 0 bridgehead atoms. The van der Waals surface area contributed by atoms with E-state index >= 15 is 0 Å². The molecule has 8 nitrogen and oxygen atoms in total. The molecule has 3 aromatic rings. The van der Waals surface area contributed by atoms with Gasteiger partial charge in [-0.05, 0) is 67.6 Å². The van der Waals surface area contributed by atoms with Gasteiger partial charge in [-0.3, -0.25) is 14.5 Å². The van der Waals surface area contributed by atoms with Crippen molar-refractivity contribution in [2.75, 3.05) is 32.8 Å². The molecular formula is C28H27NO7. The van der Waals surface area contributed by atoms with Crippen LogP contribution in [0.25, 0.3) is 5.76 Å². The van der Waals surface area contributed by atoms with Gasteiger partial charge in [-0.15, -0.1) is 0 Å². The summed E-state index contributed by atoms with van der Waals surface area (Å²) < 4.78 is 21.6. The maximum absolute atomic E-state index is 13.4. The van der Waals surface area contributed by atoms with E-state index in [1.54, 1.807) is 73.8 Å². The highest BCUT2D eigenvalue weighted by Gasteiger charge is 2.48. The van der Waals surface area contributed by atoms with Gasteiger partial charge in [0.1, 0.15) is 28.8 Å². The molecule has 1 heterocycles. The van der Waals surface area contributed by atoms with E-state index in [1.807, 2.05) is 6.92 Å². The number of ketones is 1. The van der Waals surface area contributed by atoms with E-state index in [2.05, 4.69) is 0 Å². The minimum absolute atomic E-state index is 0.0524. The van der Waals surface area contributed by atoms with Crippen LogP contribution in [-0.2, 0) is 9.59 Å². The van der Waals surface area contributed by atoms with E-state index in [4.69, 9.17) is 18.9 Å². The highest BCUT2D eigenvalue weighted by molar-refractivity contribution is 6.51. The maximum atomic E-state index is 13.4. The van der Waals surface area contributed by atoms with Gasteiger partial charge in [0.15, 0.2) is 0 Å². The Kier molecular flexibility index (Phi) is 7.15. The van der Waals surface area contributed by atoms with Crippen molar-refractivity contribution < 1.29 is 33.6 Å². The molecule has 0 aromatic heterocycles. The number of anilines is 1. The molecule has 1 aliphatic heterocycles. The molecule has 0 saturated carbocycles. The highest BCUT2D eigenvalue weighted by atomic mass is 16.5. The summed E-state index contributed by atoms with van der Waals surface area (Å²) in [4.78, 5) is 28.1. The summed E-state index contributed by atoms with van der Waals surface area (Å²) in [5, 5.41) is 11.3. The third kappa shape index (κ3) is 4.45. The summed E-state index contributed by atoms with van der Waals surface area (Å²) in [6, 6.07) is 17.6. The van der Waals surface area contributed by atoms with Gasteiger partial charge in [-0.2, -0.15) is 0 Å². The fourth-order valence-electron chi connectivity index (χ4n) is 4.21. The number of hydrogen-bond acceptors (Lipinski definition) is 7. The zero-order valence-electron chi connectivity index (χ0n) is 20.5. The van der Waals surface area contributed by atoms with Gasteiger partial charge >= 0.3 is 0 Å². The van der Waals surface area contributed by atoms with Gasteiger partial charge in [-0.25, -0.2) is 0 Å². The van der Waals surface area contributed by atoms with Gasteiger partial charge in [0.2, 0.25) is 0 Å². The predicted molar refractivity (Wildman–Crippen MR) is 135 cm³/mol. The molecule has 4 rings (SSSR count). The fourth-order valence-corrected chi connectivity index (χ4v) is 4.21. The van der Waals surface area contributed by atoms with Crippen LogP contribution in [0.5, 0.6) is 23.0 Å². The summed E-state index contributed by atoms with van der Waals surface area (Å²) in [6.45, 7) is 2.37. The maximum Gasteiger partial charge on any atom is 0.300 e. The standard InChI is InChI=1S/C28H27NO7/c1-5-36-20-10-6-17(7-11-20)26(30)24-25(22-15-14-21(34-3)16-23(22)35-4)29(28(32)27(24)31)18-8-12-19(33-2)13-9-18/h6-16,25,30H,5H2,1-4H3/t25-/m1/s1. The predicted octanol–water partition coefficient (Wildman–Crippen LogP) is 4.74. The number of carbonyl (C=O) groups is 2. The molecule has 1 amide bonds. The van der Waals surface area contributed by atoms with Gasteiger partial charge in [-0.1, -0.05) is 0 Å². The zero-order valence-corrected chi connectivity index (χ0v) is 20.5. The van der Waals surface area contributed by atoms with E-state index < -0.39 is 17.7 Å². The van der Waals surface area contributed by atoms with E-state index in [0.717, 1.165) is 0 Å². The molecule has 0 aliphatic carbocycles. The van der Waals surface area contributed by atoms with Crippen LogP contribution in [0.2, 0.25) is 0 Å². The molecular weight excluding hydrogens is 462 g/mol. The number of carbonyl (C=O) groups excluding carboxylic acids is 2. The van der Waals surface area contributed by atoms with Gasteiger partial charge in [0.25, 0.3) is 11.7 Å². The topological polar surface area (TPSA) is 94.5 Å². The lowest BCUT2D eigenvalue weighted by atomic mass is 9.94. The third-order valence-corrected chi connectivity index (χ3v) is 5.97. The van der Waals surface area contributed by atoms with Crippen LogP contribution in [0.1, 0.15) is 24.1 Å². The van der Waals surface area contributed by atoms with Crippen molar-refractivity contribution in [1.82, 2.24) is 0 Å². The first-order valence-electron chi connectivity index (χ1n) is 11.3. The van der Waals surface area contributed by atoms with E-state index in [9.17, 15) is 14.7 Å². The largest absolute Gasteiger partial charge is 0.507 e. The summed E-state index contributed by atoms with van der Waals surface area (Å²) in [6.07, 6.45) is 0. The number of aliphatic hydroxyl groups is 1. The van der Waals surface area contributed by atoms with Crippen molar-refractivity contribution in [2.24, 2.45) is 0 Å². The number of Topliss-reactive ketones (excluding diaryl/α,β-unsaturated/α-hetero) is 1. The number of methoxy groups -OCH3 is 3. The number of benzene rings is 3. The van der Waals surface area contributed by atoms with Gasteiger partial charge in [0.05, 0.1) is 39.6 Å². The molecule has 8 heteroatoms. The average molecular weight is 490 g/mol. The van der Waals surface area contributed by atoms with E-state index in [0.29, 0.717) is 46.4 Å². The Bertz CT molecular complexity index is 1300. The minimum atomic E-state index is -0.953. The number of aliphatic hydroxyl groups excluding tert-OH is 1. The first-order valence-corrected chi connectivity index (χ1v) is 11.3. The minimum Gasteiger partial charge on any atom is -0.507 e. The van der Waals surface area contributed by atoms with E-state index in [-0.39, 0.29) is 11.3 Å². The van der Waals surface area contributed by atoms with Crippen LogP contribution in [0, 0.1) is 0 Å². The summed E-state index contributed by atoms with van der Waals surface area (Å²) >= 11 is 0. The number of ether oxygens (including phenoxy) is 4. The van der Waals surface area contributed by atoms with E-state index in [1.165, 1.54) is 19.1 Å². The van der Waals surface area contributed by atoms with Crippen LogP contribution in [0.15, 0.2) is 72.3 Å². The van der Waals surface area contributed by atoms with Crippen molar-refractivity contribution in [3.8, 4) is 23.0 Å². The molecule has 0 unspecified atom stereocenters. The lowest BCUT2D eigenvalue weighted by molar-refractivity contribution is -0.132. The second kappa shape index (κ2) is 10.4. The summed E-state index contributed by atoms with van der Waals surface area (Å²) in [5.41, 5.74) is 1.31. The van der Waals surface area contributed by atoms with Crippen LogP contribution in [0.4, 0.5) is 5.69 Å². The van der Waals surface area contributed by atoms with Crippen LogP contribution in [0.3, 0.4) is 0 Å². The first kappa shape index (κ1) is 24.7. The van der Waals surface area contributed by atoms with Crippen LogP contribution in [-0.4, -0.2) is 44.7 Å². The molecule has 1 N–H and O–H groups in total. The van der Waals surface area contributed by atoms with Crippen molar-refractivity contribution in [2.45, 2.75) is 13.0 Å². The summed E-state index contributed by atoms with van der Waals surface area (Å²) in [5.74, 6) is 0.302. The second-order valence-corrected chi connectivity index (χ2v) is 7.93. The Balaban J connectivity index is 1.92. The smallest absolute Gasteiger partial charge is 0.300 e. The Labute approximate surface area is 209 Å². The Morgan fingerprint density at radius 3 is 2.03 bits per heavy atom. The second-order valence-electron chi connectivity index (χ2n) is 7.93. The Morgan fingerprint density at radius 1 is 0.833 bits per heavy atom. The molecule has 3 aromatic carbocycles. The van der Waals surface area contributed by atoms with Gasteiger partial charge < -0.3 is 24.1 Å². The monoisotopic (exact) mass is 489 g/mol. The summed E-state index contributed by atoms with van der Waals surface area (Å²) in [7, 11) is 4.56. The lowest BCUT2D eigenvalue weighted by Crippen LogP contribution is -2.29. The molecule has 186 valence electrons. The zero-order chi connectivity index (χ0) is 25.8. The molecule has 1 atom stereocenters. The fraction of sp³-hybridized carbons (Fsp3) is 0.214. The number of rotatable bonds is 8. The third-order valence-electron chi connectivity index (χ3n) is 5.97. The molecule has 1 aliphatic rings. The number of hydrogen-bond donors (Lipinski definition) is 1. The van der Waals surface area contributed by atoms with Crippen LogP contribution < -0.4 is 23.8 Å².